The molecule has 2 nitrogen and oxygen atoms in total. The Morgan fingerprint density at radius 1 is 0.829 bits per heavy atom. The number of hydrogen-bond donors (Lipinski definition) is 0. The van der Waals surface area contributed by atoms with Crippen LogP contribution < -0.4 is 0 Å². The van der Waals surface area contributed by atoms with E-state index in [1.807, 2.05) is 25.1 Å². The highest BCUT2D eigenvalue weighted by Crippen LogP contribution is 2.32. The summed E-state index contributed by atoms with van der Waals surface area (Å²) >= 11 is 0. The minimum absolute atomic E-state index is 0.171. The van der Waals surface area contributed by atoms with Gasteiger partial charge >= 0.3 is 0 Å². The minimum atomic E-state index is -0.823. The highest BCUT2D eigenvalue weighted by atomic mass is 19.2. The molecule has 0 atom stereocenters. The number of rotatable bonds is 8. The van der Waals surface area contributed by atoms with E-state index in [0.717, 1.165) is 24.8 Å². The van der Waals surface area contributed by atoms with Gasteiger partial charge < -0.3 is 9.47 Å². The van der Waals surface area contributed by atoms with Crippen LogP contribution in [0.5, 0.6) is 0 Å². The van der Waals surface area contributed by atoms with Crippen LogP contribution in [0, 0.1) is 17.5 Å². The maximum Gasteiger partial charge on any atom is 0.176 e. The second-order valence-corrected chi connectivity index (χ2v) is 8.93. The van der Waals surface area contributed by atoms with Crippen LogP contribution in [0.4, 0.5) is 13.2 Å². The summed E-state index contributed by atoms with van der Waals surface area (Å²) in [5, 5.41) is 0. The normalized spacial score (nSPS) is 18.3. The summed E-state index contributed by atoms with van der Waals surface area (Å²) in [7, 11) is 0. The molecule has 1 aliphatic heterocycles. The number of benzene rings is 3. The molecule has 1 aliphatic rings. The molecular formula is C30H31F3O2. The van der Waals surface area contributed by atoms with Gasteiger partial charge in [-0.05, 0) is 59.7 Å². The van der Waals surface area contributed by atoms with E-state index in [0.29, 0.717) is 41.9 Å². The van der Waals surface area contributed by atoms with E-state index >= 15 is 0 Å². The van der Waals surface area contributed by atoms with Crippen LogP contribution >= 0.6 is 0 Å². The summed E-state index contributed by atoms with van der Waals surface area (Å²) in [6, 6.07) is 15.5. The molecule has 0 N–H and O–H groups in total. The average Bonchev–Trinajstić information content (AvgIpc) is 2.88. The summed E-state index contributed by atoms with van der Waals surface area (Å²) in [5.41, 5.74) is 3.28. The molecule has 0 radical (unpaired) electrons. The van der Waals surface area contributed by atoms with E-state index in [-0.39, 0.29) is 23.6 Å². The third-order valence-corrected chi connectivity index (χ3v) is 6.45. The Hall–Kier alpha value is -2.89. The fourth-order valence-corrected chi connectivity index (χ4v) is 4.42. The van der Waals surface area contributed by atoms with Gasteiger partial charge in [-0.3, -0.25) is 0 Å². The largest absolute Gasteiger partial charge is 0.348 e. The van der Waals surface area contributed by atoms with E-state index in [4.69, 9.17) is 9.47 Å². The summed E-state index contributed by atoms with van der Waals surface area (Å²) in [6.07, 6.45) is 6.70. The summed E-state index contributed by atoms with van der Waals surface area (Å²) in [4.78, 5) is 0. The predicted molar refractivity (Wildman–Crippen MR) is 134 cm³/mol. The van der Waals surface area contributed by atoms with E-state index in [1.165, 1.54) is 6.07 Å². The maximum atomic E-state index is 14.9. The van der Waals surface area contributed by atoms with Crippen LogP contribution in [0.15, 0.2) is 66.7 Å². The fourth-order valence-electron chi connectivity index (χ4n) is 4.42. The number of ether oxygens (including phenoxy) is 2. The molecule has 5 heteroatoms. The zero-order valence-corrected chi connectivity index (χ0v) is 20.2. The fraction of sp³-hybridized carbons (Fsp3) is 0.333. The van der Waals surface area contributed by atoms with Crippen molar-refractivity contribution >= 4 is 0 Å². The molecular weight excluding hydrogens is 449 g/mol. The Kier molecular flexibility index (Phi) is 8.42. The van der Waals surface area contributed by atoms with Crippen LogP contribution in [-0.2, 0) is 15.9 Å². The minimum Gasteiger partial charge on any atom is -0.348 e. The standard InChI is InChI=1S/C30H31F3O2/c1-3-5-6-8-22-13-16-26(30(33)29(22)32)21-11-9-20(10-12-21)23-14-15-25(27(31)17-23)24-18-34-28(7-4-2)35-19-24/h4,7,9-17,24,28H,3,5-6,8,18-19H2,1-2H3. The van der Waals surface area contributed by atoms with Gasteiger partial charge in [-0.15, -0.1) is 0 Å². The molecule has 1 saturated heterocycles. The van der Waals surface area contributed by atoms with Crippen LogP contribution in [-0.4, -0.2) is 19.5 Å². The van der Waals surface area contributed by atoms with Crippen molar-refractivity contribution in [3.63, 3.8) is 0 Å². The SMILES string of the molecule is CC=CC1OCC(c2ccc(-c3ccc(-c4ccc(CCCCC)c(F)c4F)cc3)cc2F)CO1. The van der Waals surface area contributed by atoms with Gasteiger partial charge in [0, 0.05) is 11.5 Å². The smallest absolute Gasteiger partial charge is 0.176 e. The Morgan fingerprint density at radius 3 is 2.17 bits per heavy atom. The second kappa shape index (κ2) is 11.7. The topological polar surface area (TPSA) is 18.5 Å². The first-order valence-electron chi connectivity index (χ1n) is 12.2. The van der Waals surface area contributed by atoms with Gasteiger partial charge in [-0.2, -0.15) is 0 Å². The first kappa shape index (κ1) is 25.2. The molecule has 0 aromatic heterocycles. The molecule has 4 rings (SSSR count). The summed E-state index contributed by atoms with van der Waals surface area (Å²) in [6.45, 7) is 4.75. The lowest BCUT2D eigenvalue weighted by Gasteiger charge is -2.28. The highest BCUT2D eigenvalue weighted by molar-refractivity contribution is 5.71. The van der Waals surface area contributed by atoms with E-state index < -0.39 is 11.6 Å². The lowest BCUT2D eigenvalue weighted by molar-refractivity contribution is -0.159. The van der Waals surface area contributed by atoms with Gasteiger partial charge in [0.25, 0.3) is 0 Å². The Balaban J connectivity index is 1.48. The average molecular weight is 481 g/mol. The van der Waals surface area contributed by atoms with E-state index in [1.54, 1.807) is 42.5 Å². The van der Waals surface area contributed by atoms with Gasteiger partial charge in [0.05, 0.1) is 13.2 Å². The van der Waals surface area contributed by atoms with Crippen LogP contribution in [0.25, 0.3) is 22.3 Å². The molecule has 1 heterocycles. The lowest BCUT2D eigenvalue weighted by atomic mass is 9.94. The predicted octanol–water partition coefficient (Wildman–Crippen LogP) is 8.20. The molecule has 0 amide bonds. The van der Waals surface area contributed by atoms with Crippen molar-refractivity contribution in [1.29, 1.82) is 0 Å². The molecule has 184 valence electrons. The van der Waals surface area contributed by atoms with Crippen molar-refractivity contribution in [3.8, 4) is 22.3 Å². The quantitative estimate of drug-likeness (QED) is 0.239. The summed E-state index contributed by atoms with van der Waals surface area (Å²) in [5.74, 6) is -2.08. The van der Waals surface area contributed by atoms with Crippen molar-refractivity contribution in [3.05, 3.63) is 95.3 Å². The van der Waals surface area contributed by atoms with Crippen molar-refractivity contribution in [2.75, 3.05) is 13.2 Å². The Morgan fingerprint density at radius 2 is 1.51 bits per heavy atom. The molecule has 0 spiro atoms. The molecule has 3 aromatic carbocycles. The number of hydrogen-bond acceptors (Lipinski definition) is 2. The van der Waals surface area contributed by atoms with Gasteiger partial charge in [-0.25, -0.2) is 13.2 Å². The van der Waals surface area contributed by atoms with Crippen LogP contribution in [0.3, 0.4) is 0 Å². The zero-order valence-electron chi connectivity index (χ0n) is 20.2. The zero-order chi connectivity index (χ0) is 24.8. The monoisotopic (exact) mass is 480 g/mol. The van der Waals surface area contributed by atoms with Crippen LogP contribution in [0.2, 0.25) is 0 Å². The van der Waals surface area contributed by atoms with Crippen molar-refractivity contribution < 1.29 is 22.6 Å². The van der Waals surface area contributed by atoms with Gasteiger partial charge in [0.15, 0.2) is 17.9 Å². The third kappa shape index (κ3) is 5.85. The molecule has 0 aliphatic carbocycles. The van der Waals surface area contributed by atoms with Gasteiger partial charge in [0.2, 0.25) is 0 Å². The first-order chi connectivity index (χ1) is 17.0. The van der Waals surface area contributed by atoms with E-state index in [9.17, 15) is 13.2 Å². The molecule has 0 saturated carbocycles. The van der Waals surface area contributed by atoms with Gasteiger partial charge in [0.1, 0.15) is 5.82 Å². The molecule has 0 unspecified atom stereocenters. The second-order valence-electron chi connectivity index (χ2n) is 8.93. The van der Waals surface area contributed by atoms with Crippen molar-refractivity contribution in [2.45, 2.75) is 51.7 Å². The number of halogens is 3. The Bertz CT molecular complexity index is 1160. The maximum absolute atomic E-state index is 14.9. The molecule has 1 fully saturated rings. The van der Waals surface area contributed by atoms with E-state index in [2.05, 4.69) is 6.92 Å². The first-order valence-corrected chi connectivity index (χ1v) is 12.2. The van der Waals surface area contributed by atoms with Crippen LogP contribution in [0.1, 0.15) is 50.2 Å². The van der Waals surface area contributed by atoms with Gasteiger partial charge in [-0.1, -0.05) is 74.4 Å². The Labute approximate surface area is 205 Å². The van der Waals surface area contributed by atoms with Crippen molar-refractivity contribution in [1.82, 2.24) is 0 Å². The molecule has 0 bridgehead atoms. The third-order valence-electron chi connectivity index (χ3n) is 6.45. The summed E-state index contributed by atoms with van der Waals surface area (Å²) < 4.78 is 55.5. The highest BCUT2D eigenvalue weighted by Gasteiger charge is 2.24. The number of aryl methyl sites for hydroxylation is 1. The molecule has 3 aromatic rings. The number of unbranched alkanes of at least 4 members (excludes halogenated alkanes) is 2. The lowest BCUT2D eigenvalue weighted by Crippen LogP contribution is -2.29. The number of allylic oxidation sites excluding steroid dienone is 1. The van der Waals surface area contributed by atoms with Crippen molar-refractivity contribution in [2.24, 2.45) is 0 Å². The molecule has 35 heavy (non-hydrogen) atoms.